The van der Waals surface area contributed by atoms with E-state index >= 15 is 0 Å². The lowest BCUT2D eigenvalue weighted by molar-refractivity contribution is -0.120. The molecule has 19 heavy (non-hydrogen) atoms. The number of nitrogens with one attached hydrogen (secondary N) is 1. The third-order valence-electron chi connectivity index (χ3n) is 3.50. The molecule has 3 nitrogen and oxygen atoms in total. The molecular formula is C15H20N2OS. The summed E-state index contributed by atoms with van der Waals surface area (Å²) >= 11 is 1.73. The molecule has 0 unspecified atom stereocenters. The largest absolute Gasteiger partial charge is 0.355 e. The summed E-state index contributed by atoms with van der Waals surface area (Å²) in [5.41, 5.74) is 3.48. The fraction of sp³-hybridized carbons (Fsp3) is 0.400. The first kappa shape index (κ1) is 13.9. The van der Waals surface area contributed by atoms with Crippen LogP contribution in [0.1, 0.15) is 21.8 Å². The highest BCUT2D eigenvalue weighted by Gasteiger charge is 2.10. The average molecular weight is 276 g/mol. The normalized spacial score (nSPS) is 10.7. The third kappa shape index (κ3) is 3.47. The summed E-state index contributed by atoms with van der Waals surface area (Å²) in [6.07, 6.45) is 1.38. The molecule has 0 bridgehead atoms. The Balaban J connectivity index is 1.82. The molecule has 2 aromatic heterocycles. The molecule has 0 spiro atoms. The van der Waals surface area contributed by atoms with Crippen molar-refractivity contribution < 1.29 is 4.79 Å². The Hall–Kier alpha value is -1.55. The minimum atomic E-state index is 0.102. The molecular weight excluding hydrogens is 256 g/mol. The van der Waals surface area contributed by atoms with E-state index in [1.165, 1.54) is 16.3 Å². The molecule has 0 saturated heterocycles. The molecule has 2 rings (SSSR count). The lowest BCUT2D eigenvalue weighted by Crippen LogP contribution is -2.27. The molecule has 0 aliphatic rings. The van der Waals surface area contributed by atoms with Crippen LogP contribution in [0.3, 0.4) is 0 Å². The van der Waals surface area contributed by atoms with Gasteiger partial charge in [0.2, 0.25) is 5.91 Å². The summed E-state index contributed by atoms with van der Waals surface area (Å²) in [7, 11) is 2.03. The summed E-state index contributed by atoms with van der Waals surface area (Å²) in [6, 6.07) is 6.23. The Bertz CT molecular complexity index is 555. The summed E-state index contributed by atoms with van der Waals surface area (Å²) in [4.78, 5) is 13.2. The topological polar surface area (TPSA) is 34.0 Å². The van der Waals surface area contributed by atoms with Gasteiger partial charge in [-0.2, -0.15) is 0 Å². The maximum absolute atomic E-state index is 11.9. The molecule has 0 atom stereocenters. The van der Waals surface area contributed by atoms with E-state index in [0.717, 1.165) is 12.0 Å². The summed E-state index contributed by atoms with van der Waals surface area (Å²) in [5, 5.41) is 5.05. The van der Waals surface area contributed by atoms with Crippen molar-refractivity contribution in [2.45, 2.75) is 26.7 Å². The van der Waals surface area contributed by atoms with Gasteiger partial charge >= 0.3 is 0 Å². The maximum Gasteiger partial charge on any atom is 0.224 e. The van der Waals surface area contributed by atoms with Gasteiger partial charge in [0.05, 0.1) is 6.42 Å². The van der Waals surface area contributed by atoms with Crippen LogP contribution in [0.2, 0.25) is 0 Å². The van der Waals surface area contributed by atoms with E-state index in [9.17, 15) is 4.79 Å². The van der Waals surface area contributed by atoms with Crippen molar-refractivity contribution in [3.63, 3.8) is 0 Å². The lowest BCUT2D eigenvalue weighted by Gasteiger charge is -2.05. The lowest BCUT2D eigenvalue weighted by atomic mass is 10.1. The number of carbonyl (C=O) groups excluding carboxylic acids is 1. The van der Waals surface area contributed by atoms with Crippen LogP contribution in [0, 0.1) is 13.8 Å². The number of aryl methyl sites for hydroxylation is 1. The molecule has 0 fully saturated rings. The van der Waals surface area contributed by atoms with Gasteiger partial charge in [-0.05, 0) is 43.3 Å². The van der Waals surface area contributed by atoms with E-state index in [0.29, 0.717) is 13.0 Å². The van der Waals surface area contributed by atoms with Crippen molar-refractivity contribution >= 4 is 17.2 Å². The Morgan fingerprint density at radius 3 is 2.79 bits per heavy atom. The van der Waals surface area contributed by atoms with Gasteiger partial charge in [0.25, 0.3) is 0 Å². The zero-order valence-corrected chi connectivity index (χ0v) is 12.5. The molecule has 0 aliphatic carbocycles. The van der Waals surface area contributed by atoms with Gasteiger partial charge in [0.15, 0.2) is 0 Å². The number of amides is 1. The zero-order chi connectivity index (χ0) is 13.8. The Morgan fingerprint density at radius 1 is 1.42 bits per heavy atom. The second kappa shape index (κ2) is 6.06. The molecule has 4 heteroatoms. The van der Waals surface area contributed by atoms with Gasteiger partial charge in [-0.15, -0.1) is 11.3 Å². The van der Waals surface area contributed by atoms with Gasteiger partial charge in [-0.1, -0.05) is 6.07 Å². The Morgan fingerprint density at radius 2 is 2.21 bits per heavy atom. The highest BCUT2D eigenvalue weighted by atomic mass is 32.1. The Kier molecular flexibility index (Phi) is 4.43. The molecule has 102 valence electrons. The van der Waals surface area contributed by atoms with E-state index in [2.05, 4.69) is 41.2 Å². The fourth-order valence-electron chi connectivity index (χ4n) is 2.13. The first-order chi connectivity index (χ1) is 9.08. The number of nitrogens with zero attached hydrogens (tertiary/aromatic N) is 1. The van der Waals surface area contributed by atoms with E-state index in [-0.39, 0.29) is 5.91 Å². The third-order valence-corrected chi connectivity index (χ3v) is 4.44. The summed E-state index contributed by atoms with van der Waals surface area (Å²) in [5.74, 6) is 0.102. The SMILES string of the molecule is Cc1cc(CC(=O)NCCc2cccs2)c(C)n1C. The maximum atomic E-state index is 11.9. The number of thiophene rings is 1. The first-order valence-electron chi connectivity index (χ1n) is 6.49. The van der Waals surface area contributed by atoms with Crippen LogP contribution in [-0.2, 0) is 24.7 Å². The van der Waals surface area contributed by atoms with Crippen molar-refractivity contribution in [2.75, 3.05) is 6.54 Å². The van der Waals surface area contributed by atoms with Crippen LogP contribution in [-0.4, -0.2) is 17.0 Å². The number of hydrogen-bond acceptors (Lipinski definition) is 2. The molecule has 2 heterocycles. The highest BCUT2D eigenvalue weighted by molar-refractivity contribution is 7.09. The van der Waals surface area contributed by atoms with E-state index in [1.807, 2.05) is 13.1 Å². The summed E-state index contributed by atoms with van der Waals surface area (Å²) in [6.45, 7) is 4.83. The van der Waals surface area contributed by atoms with E-state index in [4.69, 9.17) is 0 Å². The van der Waals surface area contributed by atoms with E-state index in [1.54, 1.807) is 11.3 Å². The standard InChI is InChI=1S/C15H20N2OS/c1-11-9-13(12(2)17(11)3)10-15(18)16-7-6-14-5-4-8-19-14/h4-5,8-9H,6-7,10H2,1-3H3,(H,16,18). The predicted molar refractivity (Wildman–Crippen MR) is 79.6 cm³/mol. The van der Waals surface area contributed by atoms with Gasteiger partial charge in [-0.25, -0.2) is 0 Å². The van der Waals surface area contributed by atoms with Crippen molar-refractivity contribution in [1.82, 2.24) is 9.88 Å². The molecule has 0 aromatic carbocycles. The van der Waals surface area contributed by atoms with Gasteiger partial charge in [0.1, 0.15) is 0 Å². The van der Waals surface area contributed by atoms with Crippen molar-refractivity contribution in [2.24, 2.45) is 7.05 Å². The average Bonchev–Trinajstić information content (AvgIpc) is 2.96. The minimum Gasteiger partial charge on any atom is -0.355 e. The van der Waals surface area contributed by atoms with Gasteiger partial charge < -0.3 is 9.88 Å². The number of hydrogen-bond donors (Lipinski definition) is 1. The van der Waals surface area contributed by atoms with E-state index < -0.39 is 0 Å². The molecule has 1 N–H and O–H groups in total. The van der Waals surface area contributed by atoms with Crippen LogP contribution < -0.4 is 5.32 Å². The number of aromatic nitrogens is 1. The zero-order valence-electron chi connectivity index (χ0n) is 11.7. The molecule has 0 radical (unpaired) electrons. The van der Waals surface area contributed by atoms with Crippen molar-refractivity contribution in [3.05, 3.63) is 45.4 Å². The second-order valence-electron chi connectivity index (χ2n) is 4.81. The molecule has 2 aromatic rings. The molecule has 0 aliphatic heterocycles. The number of carbonyl (C=O) groups is 1. The van der Waals surface area contributed by atoms with Crippen LogP contribution in [0.15, 0.2) is 23.6 Å². The molecule has 0 saturated carbocycles. The smallest absolute Gasteiger partial charge is 0.224 e. The quantitative estimate of drug-likeness (QED) is 0.895. The van der Waals surface area contributed by atoms with Gasteiger partial charge in [0, 0.05) is 29.9 Å². The monoisotopic (exact) mass is 276 g/mol. The van der Waals surface area contributed by atoms with Gasteiger partial charge in [-0.3, -0.25) is 4.79 Å². The molecule has 1 amide bonds. The van der Waals surface area contributed by atoms with Crippen LogP contribution in [0.5, 0.6) is 0 Å². The fourth-order valence-corrected chi connectivity index (χ4v) is 2.84. The van der Waals surface area contributed by atoms with Crippen LogP contribution in [0.4, 0.5) is 0 Å². The van der Waals surface area contributed by atoms with Crippen LogP contribution >= 0.6 is 11.3 Å². The van der Waals surface area contributed by atoms with Crippen LogP contribution in [0.25, 0.3) is 0 Å². The predicted octanol–water partition coefficient (Wildman–Crippen LogP) is 2.60. The highest BCUT2D eigenvalue weighted by Crippen LogP contribution is 2.13. The second-order valence-corrected chi connectivity index (χ2v) is 5.84. The minimum absolute atomic E-state index is 0.102. The van der Waals surface area contributed by atoms with Crippen molar-refractivity contribution in [1.29, 1.82) is 0 Å². The number of rotatable bonds is 5. The van der Waals surface area contributed by atoms with Crippen molar-refractivity contribution in [3.8, 4) is 0 Å². The summed E-state index contributed by atoms with van der Waals surface area (Å²) < 4.78 is 2.12. The first-order valence-corrected chi connectivity index (χ1v) is 7.36. The Labute approximate surface area is 118 Å².